The van der Waals surface area contributed by atoms with E-state index >= 15 is 0 Å². The molecule has 0 aliphatic heterocycles. The second kappa shape index (κ2) is 8.19. The van der Waals surface area contributed by atoms with Crippen molar-refractivity contribution >= 4 is 11.7 Å². The van der Waals surface area contributed by atoms with Crippen LogP contribution in [0.2, 0.25) is 0 Å². The molecule has 1 aliphatic rings. The van der Waals surface area contributed by atoms with E-state index in [4.69, 9.17) is 4.74 Å². The number of aromatic nitrogens is 1. The Hall–Kier alpha value is -2.60. The number of carbonyl (C=O) groups excluding carboxylic acids is 1. The smallest absolute Gasteiger partial charge is 0.319 e. The molecule has 0 spiro atoms. The third-order valence-corrected chi connectivity index (χ3v) is 4.73. The van der Waals surface area contributed by atoms with E-state index in [1.54, 1.807) is 18.3 Å². The van der Waals surface area contributed by atoms with E-state index in [9.17, 15) is 9.90 Å². The SMILES string of the molecule is Cc1ccc(Oc2ccc(NC(=O)NC3CCC(O)CC3)cn2)cc1C. The summed E-state index contributed by atoms with van der Waals surface area (Å²) in [7, 11) is 0. The van der Waals surface area contributed by atoms with Gasteiger partial charge in [0, 0.05) is 12.1 Å². The van der Waals surface area contributed by atoms with Crippen molar-refractivity contribution in [1.82, 2.24) is 10.3 Å². The zero-order chi connectivity index (χ0) is 18.5. The Kier molecular flexibility index (Phi) is 5.73. The van der Waals surface area contributed by atoms with Crippen LogP contribution in [0.1, 0.15) is 36.8 Å². The normalized spacial score (nSPS) is 19.7. The van der Waals surface area contributed by atoms with Crippen LogP contribution in [0, 0.1) is 13.8 Å². The zero-order valence-electron chi connectivity index (χ0n) is 15.2. The standard InChI is InChI=1S/C20H25N3O3/c1-13-3-9-18(11-14(13)2)26-19-10-6-16(12-21-19)23-20(25)22-15-4-7-17(24)8-5-15/h3,6,9-12,15,17,24H,4-5,7-8H2,1-2H3,(H2,22,23,25). The number of aliphatic hydroxyl groups is 1. The summed E-state index contributed by atoms with van der Waals surface area (Å²) in [6.07, 6.45) is 4.41. The van der Waals surface area contributed by atoms with Crippen LogP contribution in [0.5, 0.6) is 11.6 Å². The molecule has 1 aromatic carbocycles. The molecule has 1 aromatic heterocycles. The van der Waals surface area contributed by atoms with Gasteiger partial charge in [-0.3, -0.25) is 0 Å². The lowest BCUT2D eigenvalue weighted by Crippen LogP contribution is -2.40. The van der Waals surface area contributed by atoms with Crippen LogP contribution in [0.4, 0.5) is 10.5 Å². The van der Waals surface area contributed by atoms with E-state index in [0.29, 0.717) is 11.6 Å². The average molecular weight is 355 g/mol. The molecule has 6 heteroatoms. The van der Waals surface area contributed by atoms with Gasteiger partial charge in [-0.15, -0.1) is 0 Å². The number of pyridine rings is 1. The predicted molar refractivity (Wildman–Crippen MR) is 101 cm³/mol. The minimum Gasteiger partial charge on any atom is -0.439 e. The predicted octanol–water partition coefficient (Wildman–Crippen LogP) is 3.92. The van der Waals surface area contributed by atoms with E-state index in [1.165, 1.54) is 5.56 Å². The van der Waals surface area contributed by atoms with Gasteiger partial charge in [-0.1, -0.05) is 6.07 Å². The first-order valence-corrected chi connectivity index (χ1v) is 8.96. The molecule has 0 unspecified atom stereocenters. The molecule has 3 rings (SSSR count). The number of hydrogen-bond donors (Lipinski definition) is 3. The summed E-state index contributed by atoms with van der Waals surface area (Å²) < 4.78 is 5.74. The van der Waals surface area contributed by atoms with Gasteiger partial charge in [-0.2, -0.15) is 0 Å². The maximum Gasteiger partial charge on any atom is 0.319 e. The van der Waals surface area contributed by atoms with Crippen LogP contribution >= 0.6 is 0 Å². The number of aryl methyl sites for hydroxylation is 2. The molecule has 2 aromatic rings. The van der Waals surface area contributed by atoms with Gasteiger partial charge in [0.25, 0.3) is 0 Å². The maximum atomic E-state index is 12.1. The van der Waals surface area contributed by atoms with Gasteiger partial charge in [0.05, 0.1) is 18.0 Å². The van der Waals surface area contributed by atoms with Gasteiger partial charge >= 0.3 is 6.03 Å². The molecule has 1 fully saturated rings. The number of anilines is 1. The van der Waals surface area contributed by atoms with E-state index in [0.717, 1.165) is 37.0 Å². The summed E-state index contributed by atoms with van der Waals surface area (Å²) in [5.41, 5.74) is 2.97. The lowest BCUT2D eigenvalue weighted by molar-refractivity contribution is 0.118. The monoisotopic (exact) mass is 355 g/mol. The fraction of sp³-hybridized carbons (Fsp3) is 0.400. The minimum absolute atomic E-state index is 0.110. The second-order valence-electron chi connectivity index (χ2n) is 6.84. The molecule has 0 saturated heterocycles. The molecular weight excluding hydrogens is 330 g/mol. The lowest BCUT2D eigenvalue weighted by Gasteiger charge is -2.26. The van der Waals surface area contributed by atoms with Crippen molar-refractivity contribution in [2.24, 2.45) is 0 Å². The first-order valence-electron chi connectivity index (χ1n) is 8.96. The maximum absolute atomic E-state index is 12.1. The Morgan fingerprint density at radius 2 is 1.88 bits per heavy atom. The van der Waals surface area contributed by atoms with Gasteiger partial charge in [-0.25, -0.2) is 9.78 Å². The quantitative estimate of drug-likeness (QED) is 0.776. The van der Waals surface area contributed by atoms with E-state index in [1.807, 2.05) is 25.1 Å². The number of amides is 2. The molecule has 3 N–H and O–H groups in total. The summed E-state index contributed by atoms with van der Waals surface area (Å²) in [5.74, 6) is 1.21. The molecule has 1 aliphatic carbocycles. The van der Waals surface area contributed by atoms with Crippen LogP contribution in [0.15, 0.2) is 36.5 Å². The summed E-state index contributed by atoms with van der Waals surface area (Å²) in [5, 5.41) is 15.2. The average Bonchev–Trinajstić information content (AvgIpc) is 2.62. The molecule has 1 heterocycles. The number of aliphatic hydroxyl groups excluding tert-OH is 1. The highest BCUT2D eigenvalue weighted by atomic mass is 16.5. The Balaban J connectivity index is 1.52. The summed E-state index contributed by atoms with van der Waals surface area (Å²) in [4.78, 5) is 16.3. The number of carbonyl (C=O) groups is 1. The minimum atomic E-state index is -0.254. The molecular formula is C20H25N3O3. The first-order chi connectivity index (χ1) is 12.5. The molecule has 0 bridgehead atoms. The number of nitrogens with zero attached hydrogens (tertiary/aromatic N) is 1. The number of hydrogen-bond acceptors (Lipinski definition) is 4. The number of urea groups is 1. The Morgan fingerprint density at radius 3 is 2.54 bits per heavy atom. The van der Waals surface area contributed by atoms with Crippen LogP contribution in [0.3, 0.4) is 0 Å². The van der Waals surface area contributed by atoms with Crippen molar-refractivity contribution in [1.29, 1.82) is 0 Å². The zero-order valence-corrected chi connectivity index (χ0v) is 15.2. The number of nitrogens with one attached hydrogen (secondary N) is 2. The topological polar surface area (TPSA) is 83.5 Å². The lowest BCUT2D eigenvalue weighted by atomic mass is 9.93. The third kappa shape index (κ3) is 4.95. The van der Waals surface area contributed by atoms with Crippen molar-refractivity contribution in [2.45, 2.75) is 51.7 Å². The van der Waals surface area contributed by atoms with E-state index in [2.05, 4.69) is 22.5 Å². The van der Waals surface area contributed by atoms with Crippen LogP contribution < -0.4 is 15.4 Å². The van der Waals surface area contributed by atoms with Crippen molar-refractivity contribution in [3.05, 3.63) is 47.7 Å². The second-order valence-corrected chi connectivity index (χ2v) is 6.84. The van der Waals surface area contributed by atoms with Crippen LogP contribution in [-0.4, -0.2) is 28.3 Å². The van der Waals surface area contributed by atoms with Gasteiger partial charge in [0.2, 0.25) is 5.88 Å². The number of benzene rings is 1. The highest BCUT2D eigenvalue weighted by Crippen LogP contribution is 2.23. The van der Waals surface area contributed by atoms with E-state index in [-0.39, 0.29) is 18.2 Å². The van der Waals surface area contributed by atoms with Gasteiger partial charge in [0.15, 0.2) is 0 Å². The van der Waals surface area contributed by atoms with Crippen molar-refractivity contribution in [2.75, 3.05) is 5.32 Å². The summed E-state index contributed by atoms with van der Waals surface area (Å²) in [6.45, 7) is 4.09. The molecule has 138 valence electrons. The number of rotatable bonds is 4. The van der Waals surface area contributed by atoms with E-state index < -0.39 is 0 Å². The molecule has 26 heavy (non-hydrogen) atoms. The third-order valence-electron chi connectivity index (χ3n) is 4.73. The highest BCUT2D eigenvalue weighted by molar-refractivity contribution is 5.89. The first kappa shape index (κ1) is 18.2. The Bertz CT molecular complexity index is 753. The largest absolute Gasteiger partial charge is 0.439 e. The van der Waals surface area contributed by atoms with Gasteiger partial charge in [-0.05, 0) is 68.9 Å². The van der Waals surface area contributed by atoms with Crippen molar-refractivity contribution < 1.29 is 14.6 Å². The highest BCUT2D eigenvalue weighted by Gasteiger charge is 2.20. The molecule has 6 nitrogen and oxygen atoms in total. The van der Waals surface area contributed by atoms with Crippen LogP contribution in [0.25, 0.3) is 0 Å². The fourth-order valence-electron chi connectivity index (χ4n) is 2.99. The molecule has 2 amide bonds. The van der Waals surface area contributed by atoms with Crippen molar-refractivity contribution in [3.8, 4) is 11.6 Å². The van der Waals surface area contributed by atoms with Gasteiger partial charge < -0.3 is 20.5 Å². The van der Waals surface area contributed by atoms with Crippen molar-refractivity contribution in [3.63, 3.8) is 0 Å². The number of ether oxygens (including phenoxy) is 1. The van der Waals surface area contributed by atoms with Crippen LogP contribution in [-0.2, 0) is 0 Å². The fourth-order valence-corrected chi connectivity index (χ4v) is 2.99. The summed E-state index contributed by atoms with van der Waals surface area (Å²) >= 11 is 0. The Labute approximate surface area is 153 Å². The molecule has 1 saturated carbocycles. The molecule has 0 atom stereocenters. The Morgan fingerprint density at radius 1 is 1.12 bits per heavy atom. The molecule has 0 radical (unpaired) electrons. The van der Waals surface area contributed by atoms with Gasteiger partial charge in [0.1, 0.15) is 5.75 Å². The summed E-state index contributed by atoms with van der Waals surface area (Å²) in [6, 6.07) is 9.22.